The van der Waals surface area contributed by atoms with Crippen LogP contribution >= 0.6 is 24.2 Å². The maximum absolute atomic E-state index is 12.1. The summed E-state index contributed by atoms with van der Waals surface area (Å²) in [5.41, 5.74) is 7.64. The SMILES string of the molecule is Cc1noc(C)c1CSCC(=O)N(C)CC(C)(C)CN.Cl. The van der Waals surface area contributed by atoms with Gasteiger partial charge in [-0.1, -0.05) is 19.0 Å². The Balaban J connectivity index is 0.00000400. The van der Waals surface area contributed by atoms with E-state index in [1.165, 1.54) is 0 Å². The number of rotatable bonds is 7. The summed E-state index contributed by atoms with van der Waals surface area (Å²) < 4.78 is 5.11. The molecule has 1 aromatic rings. The summed E-state index contributed by atoms with van der Waals surface area (Å²) in [6.07, 6.45) is 0. The molecule has 0 aliphatic heterocycles. The second kappa shape index (κ2) is 8.66. The number of amides is 1. The Hall–Kier alpha value is -0.720. The molecule has 0 unspecified atom stereocenters. The third kappa shape index (κ3) is 6.28. The highest BCUT2D eigenvalue weighted by Crippen LogP contribution is 2.20. The van der Waals surface area contributed by atoms with Gasteiger partial charge in [0.05, 0.1) is 11.4 Å². The molecule has 0 saturated heterocycles. The minimum atomic E-state index is -0.0449. The first-order chi connectivity index (χ1) is 9.26. The van der Waals surface area contributed by atoms with Crippen molar-refractivity contribution in [1.29, 1.82) is 0 Å². The van der Waals surface area contributed by atoms with Crippen LogP contribution in [0.15, 0.2) is 4.52 Å². The van der Waals surface area contributed by atoms with E-state index in [0.717, 1.165) is 22.8 Å². The van der Waals surface area contributed by atoms with Crippen LogP contribution in [0, 0.1) is 19.3 Å². The molecule has 1 rings (SSSR count). The Bertz CT molecular complexity index is 444. The average Bonchev–Trinajstić information content (AvgIpc) is 2.69. The third-order valence-corrected chi connectivity index (χ3v) is 4.24. The number of nitrogens with zero attached hydrogens (tertiary/aromatic N) is 2. The van der Waals surface area contributed by atoms with Crippen molar-refractivity contribution in [2.24, 2.45) is 11.1 Å². The van der Waals surface area contributed by atoms with Crippen LogP contribution in [-0.2, 0) is 10.5 Å². The summed E-state index contributed by atoms with van der Waals surface area (Å²) in [7, 11) is 1.83. The third-order valence-electron chi connectivity index (χ3n) is 3.30. The lowest BCUT2D eigenvalue weighted by Crippen LogP contribution is -2.40. The van der Waals surface area contributed by atoms with Gasteiger partial charge in [-0.05, 0) is 25.8 Å². The molecule has 1 heterocycles. The summed E-state index contributed by atoms with van der Waals surface area (Å²) >= 11 is 1.59. The van der Waals surface area contributed by atoms with Gasteiger partial charge in [0.25, 0.3) is 0 Å². The highest BCUT2D eigenvalue weighted by atomic mass is 35.5. The molecule has 0 atom stereocenters. The van der Waals surface area contributed by atoms with Crippen molar-refractivity contribution in [2.75, 3.05) is 25.9 Å². The van der Waals surface area contributed by atoms with Crippen molar-refractivity contribution in [3.05, 3.63) is 17.0 Å². The molecule has 5 nitrogen and oxygen atoms in total. The van der Waals surface area contributed by atoms with Gasteiger partial charge in [-0.2, -0.15) is 0 Å². The van der Waals surface area contributed by atoms with E-state index >= 15 is 0 Å². The Morgan fingerprint density at radius 2 is 2.05 bits per heavy atom. The van der Waals surface area contributed by atoms with Crippen LogP contribution in [0.2, 0.25) is 0 Å². The van der Waals surface area contributed by atoms with E-state index in [-0.39, 0.29) is 23.7 Å². The number of thioether (sulfide) groups is 1. The van der Waals surface area contributed by atoms with Crippen molar-refractivity contribution in [1.82, 2.24) is 10.1 Å². The Kier molecular flexibility index (Phi) is 8.36. The van der Waals surface area contributed by atoms with Crippen LogP contribution < -0.4 is 5.73 Å². The van der Waals surface area contributed by atoms with E-state index in [1.54, 1.807) is 16.7 Å². The van der Waals surface area contributed by atoms with Gasteiger partial charge >= 0.3 is 0 Å². The van der Waals surface area contributed by atoms with Gasteiger partial charge in [0.15, 0.2) is 0 Å². The summed E-state index contributed by atoms with van der Waals surface area (Å²) in [5, 5.41) is 3.91. The minimum absolute atomic E-state index is 0. The zero-order valence-corrected chi connectivity index (χ0v) is 15.1. The molecule has 1 amide bonds. The Labute approximate surface area is 137 Å². The van der Waals surface area contributed by atoms with Gasteiger partial charge < -0.3 is 15.2 Å². The van der Waals surface area contributed by atoms with Crippen molar-refractivity contribution in [3.8, 4) is 0 Å². The number of aryl methyl sites for hydroxylation is 2. The zero-order valence-electron chi connectivity index (χ0n) is 13.4. The van der Waals surface area contributed by atoms with E-state index in [1.807, 2.05) is 20.9 Å². The monoisotopic (exact) mass is 335 g/mol. The molecule has 7 heteroatoms. The maximum Gasteiger partial charge on any atom is 0.232 e. The largest absolute Gasteiger partial charge is 0.361 e. The highest BCUT2D eigenvalue weighted by molar-refractivity contribution is 7.99. The molecule has 0 saturated carbocycles. The number of carbonyl (C=O) groups excluding carboxylic acids is 1. The number of hydrogen-bond donors (Lipinski definition) is 1. The van der Waals surface area contributed by atoms with E-state index in [4.69, 9.17) is 10.3 Å². The lowest BCUT2D eigenvalue weighted by Gasteiger charge is -2.29. The normalized spacial score (nSPS) is 11.1. The second-order valence-corrected chi connectivity index (χ2v) is 6.90. The number of halogens is 1. The minimum Gasteiger partial charge on any atom is -0.361 e. The van der Waals surface area contributed by atoms with Gasteiger partial charge in [0.2, 0.25) is 5.91 Å². The quantitative estimate of drug-likeness (QED) is 0.828. The van der Waals surface area contributed by atoms with Crippen LogP contribution in [0.3, 0.4) is 0 Å². The standard InChI is InChI=1S/C14H25N3O2S.ClH/c1-10-12(11(2)19-16-10)6-20-7-13(18)17(5)9-14(3,4)8-15;/h6-9,15H2,1-5H3;1H. The molecule has 0 aliphatic rings. The first-order valence-corrected chi connectivity index (χ1v) is 7.86. The van der Waals surface area contributed by atoms with Gasteiger partial charge in [0, 0.05) is 24.9 Å². The predicted molar refractivity (Wildman–Crippen MR) is 89.9 cm³/mol. The molecule has 2 N–H and O–H groups in total. The van der Waals surface area contributed by atoms with Crippen molar-refractivity contribution >= 4 is 30.1 Å². The molecule has 1 aromatic heterocycles. The smallest absolute Gasteiger partial charge is 0.232 e. The molecular formula is C14H26ClN3O2S. The van der Waals surface area contributed by atoms with Gasteiger partial charge in [0.1, 0.15) is 5.76 Å². The molecule has 122 valence electrons. The first kappa shape index (κ1) is 20.3. The molecule has 0 radical (unpaired) electrons. The molecule has 0 bridgehead atoms. The molecular weight excluding hydrogens is 310 g/mol. The van der Waals surface area contributed by atoms with Crippen LogP contribution in [0.5, 0.6) is 0 Å². The van der Waals surface area contributed by atoms with E-state index < -0.39 is 0 Å². The van der Waals surface area contributed by atoms with Gasteiger partial charge in [-0.3, -0.25) is 4.79 Å². The molecule has 21 heavy (non-hydrogen) atoms. The van der Waals surface area contributed by atoms with E-state index in [2.05, 4.69) is 19.0 Å². The fraction of sp³-hybridized carbons (Fsp3) is 0.714. The van der Waals surface area contributed by atoms with E-state index in [9.17, 15) is 4.79 Å². The molecule has 0 aliphatic carbocycles. The zero-order chi connectivity index (χ0) is 15.3. The number of hydrogen-bond acceptors (Lipinski definition) is 5. The topological polar surface area (TPSA) is 72.4 Å². The molecule has 0 spiro atoms. The summed E-state index contributed by atoms with van der Waals surface area (Å²) in [5.74, 6) is 2.17. The number of nitrogens with two attached hydrogens (primary N) is 1. The summed E-state index contributed by atoms with van der Waals surface area (Å²) in [6, 6.07) is 0. The lowest BCUT2D eigenvalue weighted by molar-refractivity contribution is -0.128. The maximum atomic E-state index is 12.1. The van der Waals surface area contributed by atoms with Gasteiger partial charge in [-0.15, -0.1) is 24.2 Å². The Morgan fingerprint density at radius 3 is 2.52 bits per heavy atom. The second-order valence-electron chi connectivity index (χ2n) is 5.91. The summed E-state index contributed by atoms with van der Waals surface area (Å²) in [6.45, 7) is 9.18. The highest BCUT2D eigenvalue weighted by Gasteiger charge is 2.21. The van der Waals surface area contributed by atoms with E-state index in [0.29, 0.717) is 18.8 Å². The summed E-state index contributed by atoms with van der Waals surface area (Å²) in [4.78, 5) is 13.8. The fourth-order valence-electron chi connectivity index (χ4n) is 1.85. The van der Waals surface area contributed by atoms with Crippen molar-refractivity contribution < 1.29 is 9.32 Å². The number of aromatic nitrogens is 1. The average molecular weight is 336 g/mol. The molecule has 0 fully saturated rings. The lowest BCUT2D eigenvalue weighted by atomic mass is 9.93. The van der Waals surface area contributed by atoms with Crippen LogP contribution in [-0.4, -0.2) is 41.9 Å². The van der Waals surface area contributed by atoms with Gasteiger partial charge in [-0.25, -0.2) is 0 Å². The number of carbonyl (C=O) groups is 1. The predicted octanol–water partition coefficient (Wildman–Crippen LogP) is 2.39. The fourth-order valence-corrected chi connectivity index (χ4v) is 2.97. The van der Waals surface area contributed by atoms with Crippen LogP contribution in [0.4, 0.5) is 0 Å². The first-order valence-electron chi connectivity index (χ1n) is 6.70. The van der Waals surface area contributed by atoms with Crippen LogP contribution in [0.25, 0.3) is 0 Å². The van der Waals surface area contributed by atoms with Crippen molar-refractivity contribution in [3.63, 3.8) is 0 Å². The van der Waals surface area contributed by atoms with Crippen LogP contribution in [0.1, 0.15) is 30.9 Å². The Morgan fingerprint density at radius 1 is 1.43 bits per heavy atom. The molecule has 0 aromatic carbocycles. The van der Waals surface area contributed by atoms with Crippen molar-refractivity contribution in [2.45, 2.75) is 33.4 Å².